The van der Waals surface area contributed by atoms with Crippen LogP contribution in [0.4, 0.5) is 4.39 Å². The highest BCUT2D eigenvalue weighted by Crippen LogP contribution is 2.10. The number of nitrogens with one attached hydrogen (secondary N) is 1. The summed E-state index contributed by atoms with van der Waals surface area (Å²) in [7, 11) is -7.29. The average Bonchev–Trinajstić information content (AvgIpc) is 2.93. The van der Waals surface area contributed by atoms with Gasteiger partial charge in [-0.25, -0.2) is 25.9 Å². The topological polar surface area (TPSA) is 119 Å². The average molecular weight is 363 g/mol. The van der Waals surface area contributed by atoms with Gasteiger partial charge in [-0.1, -0.05) is 5.10 Å². The van der Waals surface area contributed by atoms with Crippen LogP contribution in [0.2, 0.25) is 0 Å². The Bertz CT molecular complexity index is 876. The van der Waals surface area contributed by atoms with Gasteiger partial charge < -0.3 is 4.42 Å². The van der Waals surface area contributed by atoms with Gasteiger partial charge in [0.2, 0.25) is 25.8 Å². The summed E-state index contributed by atoms with van der Waals surface area (Å²) in [6, 6.07) is 4.43. The molecule has 0 atom stereocenters. The standard InChI is InChI=1S/C12H14FN3O5S2/c1-22(17,18)12-16-15-11(21-12)3-2-8-14-23(19,20)10-6-4-9(13)5-7-10/h4-7,14H,2-3,8H2,1H3. The predicted octanol–water partition coefficient (Wildman–Crippen LogP) is 0.523. The van der Waals surface area contributed by atoms with Crippen molar-refractivity contribution in [2.75, 3.05) is 12.8 Å². The van der Waals surface area contributed by atoms with Crippen molar-refractivity contribution < 1.29 is 25.6 Å². The number of aromatic nitrogens is 2. The van der Waals surface area contributed by atoms with Gasteiger partial charge in [-0.2, -0.15) is 0 Å². The summed E-state index contributed by atoms with van der Waals surface area (Å²) < 4.78 is 66.3. The fraction of sp³-hybridized carbons (Fsp3) is 0.333. The summed E-state index contributed by atoms with van der Waals surface area (Å²) in [5.41, 5.74) is 0. The van der Waals surface area contributed by atoms with E-state index < -0.39 is 30.9 Å². The van der Waals surface area contributed by atoms with Crippen LogP contribution in [0.15, 0.2) is 38.8 Å². The second-order valence-electron chi connectivity index (χ2n) is 4.69. The Labute approximate surface area is 132 Å². The van der Waals surface area contributed by atoms with Crippen molar-refractivity contribution in [1.29, 1.82) is 0 Å². The third-order valence-electron chi connectivity index (χ3n) is 2.75. The maximum Gasteiger partial charge on any atom is 0.335 e. The number of nitrogens with zero attached hydrogens (tertiary/aromatic N) is 2. The number of hydrogen-bond acceptors (Lipinski definition) is 7. The Morgan fingerprint density at radius 3 is 2.35 bits per heavy atom. The Morgan fingerprint density at radius 2 is 1.78 bits per heavy atom. The van der Waals surface area contributed by atoms with Crippen LogP contribution in [0.3, 0.4) is 0 Å². The lowest BCUT2D eigenvalue weighted by Crippen LogP contribution is -2.25. The summed E-state index contributed by atoms with van der Waals surface area (Å²) in [5.74, 6) is -0.423. The molecule has 0 radical (unpaired) electrons. The largest absolute Gasteiger partial charge is 0.413 e. The second kappa shape index (κ2) is 6.72. The summed E-state index contributed by atoms with van der Waals surface area (Å²) >= 11 is 0. The van der Waals surface area contributed by atoms with Crippen molar-refractivity contribution in [1.82, 2.24) is 14.9 Å². The molecule has 0 spiro atoms. The number of aryl methyl sites for hydroxylation is 1. The van der Waals surface area contributed by atoms with Crippen molar-refractivity contribution in [3.63, 3.8) is 0 Å². The summed E-state index contributed by atoms with van der Waals surface area (Å²) in [6.07, 6.45) is 1.49. The van der Waals surface area contributed by atoms with Crippen molar-refractivity contribution in [2.45, 2.75) is 23.0 Å². The van der Waals surface area contributed by atoms with Crippen LogP contribution >= 0.6 is 0 Å². The molecule has 0 aliphatic carbocycles. The first-order chi connectivity index (χ1) is 10.7. The van der Waals surface area contributed by atoms with Crippen LogP contribution in [0.25, 0.3) is 0 Å². The molecule has 0 amide bonds. The van der Waals surface area contributed by atoms with Gasteiger partial charge in [-0.3, -0.25) is 0 Å². The molecule has 0 aliphatic heterocycles. The normalized spacial score (nSPS) is 12.4. The van der Waals surface area contributed by atoms with Crippen LogP contribution in [-0.4, -0.2) is 39.8 Å². The van der Waals surface area contributed by atoms with Gasteiger partial charge in [0.25, 0.3) is 0 Å². The fourth-order valence-corrected chi connectivity index (χ4v) is 3.14. The van der Waals surface area contributed by atoms with E-state index in [0.29, 0.717) is 6.42 Å². The summed E-state index contributed by atoms with van der Waals surface area (Å²) in [5, 5.41) is 6.49. The van der Waals surface area contributed by atoms with Gasteiger partial charge in [0.05, 0.1) is 4.90 Å². The van der Waals surface area contributed by atoms with E-state index in [2.05, 4.69) is 14.9 Å². The highest BCUT2D eigenvalue weighted by Gasteiger charge is 2.17. The van der Waals surface area contributed by atoms with Crippen LogP contribution < -0.4 is 4.72 Å². The molecule has 1 aromatic carbocycles. The maximum absolute atomic E-state index is 12.8. The third-order valence-corrected chi connectivity index (χ3v) is 5.03. The van der Waals surface area contributed by atoms with Gasteiger partial charge in [0.1, 0.15) is 5.82 Å². The number of hydrogen-bond donors (Lipinski definition) is 1. The quantitative estimate of drug-likeness (QED) is 0.712. The maximum atomic E-state index is 12.8. The second-order valence-corrected chi connectivity index (χ2v) is 8.35. The van der Waals surface area contributed by atoms with E-state index in [1.807, 2.05) is 0 Å². The number of rotatable bonds is 7. The molecule has 1 N–H and O–H groups in total. The van der Waals surface area contributed by atoms with E-state index in [1.54, 1.807) is 0 Å². The molecular weight excluding hydrogens is 349 g/mol. The van der Waals surface area contributed by atoms with Crippen molar-refractivity contribution in [3.8, 4) is 0 Å². The molecule has 2 rings (SSSR count). The molecule has 126 valence electrons. The fourth-order valence-electron chi connectivity index (χ4n) is 1.63. The van der Waals surface area contributed by atoms with Crippen molar-refractivity contribution >= 4 is 19.9 Å². The molecule has 8 nitrogen and oxygen atoms in total. The van der Waals surface area contributed by atoms with E-state index in [9.17, 15) is 21.2 Å². The Hall–Kier alpha value is -1.85. The molecule has 0 unspecified atom stereocenters. The first-order valence-electron chi connectivity index (χ1n) is 6.46. The lowest BCUT2D eigenvalue weighted by atomic mass is 10.3. The van der Waals surface area contributed by atoms with Crippen molar-refractivity contribution in [2.24, 2.45) is 0 Å². The zero-order valence-electron chi connectivity index (χ0n) is 12.1. The van der Waals surface area contributed by atoms with Crippen LogP contribution in [0.5, 0.6) is 0 Å². The minimum Gasteiger partial charge on any atom is -0.413 e. The van der Waals surface area contributed by atoms with Crippen LogP contribution in [0, 0.1) is 5.82 Å². The zero-order valence-corrected chi connectivity index (χ0v) is 13.7. The minimum absolute atomic E-state index is 0.0453. The van der Waals surface area contributed by atoms with Gasteiger partial charge in [0.15, 0.2) is 0 Å². The molecular formula is C12H14FN3O5S2. The lowest BCUT2D eigenvalue weighted by molar-refractivity contribution is 0.394. The van der Waals surface area contributed by atoms with Gasteiger partial charge in [0, 0.05) is 19.2 Å². The number of sulfonamides is 1. The van der Waals surface area contributed by atoms with Gasteiger partial charge in [-0.15, -0.1) is 5.10 Å². The van der Waals surface area contributed by atoms with E-state index in [0.717, 1.165) is 30.5 Å². The van der Waals surface area contributed by atoms with Gasteiger partial charge >= 0.3 is 5.22 Å². The van der Waals surface area contributed by atoms with E-state index in [1.165, 1.54) is 0 Å². The van der Waals surface area contributed by atoms with Crippen LogP contribution in [0.1, 0.15) is 12.3 Å². The molecule has 0 saturated carbocycles. The Balaban J connectivity index is 1.87. The van der Waals surface area contributed by atoms with Crippen LogP contribution in [-0.2, 0) is 26.3 Å². The third kappa shape index (κ3) is 4.81. The summed E-state index contributed by atoms with van der Waals surface area (Å²) in [4.78, 5) is -0.0453. The lowest BCUT2D eigenvalue weighted by Gasteiger charge is -2.05. The SMILES string of the molecule is CS(=O)(=O)c1nnc(CCCNS(=O)(=O)c2ccc(F)cc2)o1. The first kappa shape index (κ1) is 17.5. The molecule has 11 heteroatoms. The van der Waals surface area contributed by atoms with E-state index in [4.69, 9.17) is 4.42 Å². The van der Waals surface area contributed by atoms with E-state index >= 15 is 0 Å². The molecule has 0 bridgehead atoms. The monoisotopic (exact) mass is 363 g/mol. The highest BCUT2D eigenvalue weighted by molar-refractivity contribution is 7.90. The number of sulfone groups is 1. The molecule has 1 aromatic heterocycles. The van der Waals surface area contributed by atoms with E-state index in [-0.39, 0.29) is 23.8 Å². The Kier molecular flexibility index (Phi) is 5.12. The predicted molar refractivity (Wildman–Crippen MR) is 77.3 cm³/mol. The first-order valence-corrected chi connectivity index (χ1v) is 9.83. The van der Waals surface area contributed by atoms with Crippen molar-refractivity contribution in [3.05, 3.63) is 36.0 Å². The molecule has 0 saturated heterocycles. The minimum atomic E-state index is -3.73. The van der Waals surface area contributed by atoms with Gasteiger partial charge in [-0.05, 0) is 30.7 Å². The summed E-state index contributed by atoms with van der Waals surface area (Å²) in [6.45, 7) is 0.0797. The molecule has 2 aromatic rings. The molecule has 0 aliphatic rings. The zero-order chi connectivity index (χ0) is 17.1. The number of benzene rings is 1. The highest BCUT2D eigenvalue weighted by atomic mass is 32.2. The number of halogens is 1. The molecule has 23 heavy (non-hydrogen) atoms. The smallest absolute Gasteiger partial charge is 0.335 e. The Morgan fingerprint density at radius 1 is 1.13 bits per heavy atom. The molecule has 0 fully saturated rings. The molecule has 1 heterocycles.